The zero-order valence-electron chi connectivity index (χ0n) is 11.7. The van der Waals surface area contributed by atoms with Crippen molar-refractivity contribution in [2.75, 3.05) is 20.2 Å². The number of piperazine rings is 1. The molecule has 2 heterocycles. The summed E-state index contributed by atoms with van der Waals surface area (Å²) in [6.07, 6.45) is -0.195. The first-order valence-corrected chi connectivity index (χ1v) is 6.51. The number of likely N-dealkylation sites (tertiary alicyclic amines) is 1. The van der Waals surface area contributed by atoms with Gasteiger partial charge in [0.1, 0.15) is 18.6 Å². The van der Waals surface area contributed by atoms with Crippen LogP contribution in [0.3, 0.4) is 0 Å². The third kappa shape index (κ3) is 2.82. The predicted octanol–water partition coefficient (Wildman–Crippen LogP) is -1.37. The molecule has 9 heteroatoms. The lowest BCUT2D eigenvalue weighted by Crippen LogP contribution is -2.62. The molecule has 21 heavy (non-hydrogen) atoms. The van der Waals surface area contributed by atoms with Crippen LogP contribution in [0.5, 0.6) is 0 Å². The molecule has 2 rings (SSSR count). The minimum absolute atomic E-state index is 0.116. The second-order valence-corrected chi connectivity index (χ2v) is 5.10. The third-order valence-corrected chi connectivity index (χ3v) is 3.80. The highest BCUT2D eigenvalue weighted by atomic mass is 16.5. The van der Waals surface area contributed by atoms with Crippen molar-refractivity contribution in [3.63, 3.8) is 0 Å². The van der Waals surface area contributed by atoms with Crippen LogP contribution in [-0.2, 0) is 19.1 Å². The number of carboxylic acids is 1. The molecule has 2 aliphatic rings. The van der Waals surface area contributed by atoms with Crippen molar-refractivity contribution in [1.29, 1.82) is 0 Å². The van der Waals surface area contributed by atoms with Crippen LogP contribution in [0.25, 0.3) is 0 Å². The summed E-state index contributed by atoms with van der Waals surface area (Å²) in [4.78, 5) is 48.9. The zero-order valence-corrected chi connectivity index (χ0v) is 11.7. The van der Waals surface area contributed by atoms with E-state index in [1.54, 1.807) is 0 Å². The van der Waals surface area contributed by atoms with E-state index in [0.29, 0.717) is 0 Å². The first-order chi connectivity index (χ1) is 9.85. The first-order valence-electron chi connectivity index (χ1n) is 6.51. The first kappa shape index (κ1) is 15.2. The minimum Gasteiger partial charge on any atom is -0.480 e. The molecule has 2 fully saturated rings. The molecule has 0 saturated carbocycles. The van der Waals surface area contributed by atoms with Gasteiger partial charge in [0.15, 0.2) is 0 Å². The van der Waals surface area contributed by atoms with E-state index in [9.17, 15) is 24.3 Å². The summed E-state index contributed by atoms with van der Waals surface area (Å²) < 4.78 is 5.11. The number of aliphatic carboxylic acids is 1. The normalized spacial score (nSPS) is 29.5. The van der Waals surface area contributed by atoms with Crippen molar-refractivity contribution in [2.24, 2.45) is 0 Å². The standard InChI is InChI=1S/C12H17N3O6/c1-6-10(17)13-9(16)5-14(6)12(20)15-4-7(21-2)3-8(15)11(18)19/h6-8H,3-5H2,1-2H3,(H,18,19)(H,13,16,17). The quantitative estimate of drug-likeness (QED) is 0.608. The van der Waals surface area contributed by atoms with E-state index in [2.05, 4.69) is 5.32 Å². The van der Waals surface area contributed by atoms with Gasteiger partial charge in [-0.3, -0.25) is 14.9 Å². The molecule has 2 saturated heterocycles. The number of carbonyl (C=O) groups excluding carboxylic acids is 3. The Morgan fingerprint density at radius 1 is 1.33 bits per heavy atom. The van der Waals surface area contributed by atoms with Crippen molar-refractivity contribution in [3.05, 3.63) is 0 Å². The molecule has 0 aromatic heterocycles. The molecule has 0 aromatic carbocycles. The highest BCUT2D eigenvalue weighted by Crippen LogP contribution is 2.23. The molecule has 0 bridgehead atoms. The van der Waals surface area contributed by atoms with Crippen LogP contribution in [0.15, 0.2) is 0 Å². The van der Waals surface area contributed by atoms with Gasteiger partial charge in [0.05, 0.1) is 6.10 Å². The van der Waals surface area contributed by atoms with E-state index >= 15 is 0 Å². The molecule has 3 unspecified atom stereocenters. The Morgan fingerprint density at radius 3 is 2.57 bits per heavy atom. The number of imide groups is 1. The minimum atomic E-state index is -1.14. The Balaban J connectivity index is 2.19. The molecule has 3 atom stereocenters. The summed E-state index contributed by atoms with van der Waals surface area (Å²) in [7, 11) is 1.44. The summed E-state index contributed by atoms with van der Waals surface area (Å²) in [5, 5.41) is 11.3. The Morgan fingerprint density at radius 2 is 2.00 bits per heavy atom. The van der Waals surface area contributed by atoms with Crippen molar-refractivity contribution in [2.45, 2.75) is 31.5 Å². The van der Waals surface area contributed by atoms with Gasteiger partial charge in [-0.2, -0.15) is 0 Å². The lowest BCUT2D eigenvalue weighted by molar-refractivity contribution is -0.141. The maximum atomic E-state index is 12.5. The molecule has 2 aliphatic heterocycles. The molecule has 0 radical (unpaired) electrons. The van der Waals surface area contributed by atoms with Crippen LogP contribution in [0.1, 0.15) is 13.3 Å². The summed E-state index contributed by atoms with van der Waals surface area (Å²) in [6, 6.07) is -2.49. The molecule has 9 nitrogen and oxygen atoms in total. The highest BCUT2D eigenvalue weighted by molar-refractivity contribution is 6.04. The second-order valence-electron chi connectivity index (χ2n) is 5.10. The Hall–Kier alpha value is -2.16. The Bertz CT molecular complexity index is 493. The lowest BCUT2D eigenvalue weighted by Gasteiger charge is -2.35. The fraction of sp³-hybridized carbons (Fsp3) is 0.667. The van der Waals surface area contributed by atoms with E-state index in [1.807, 2.05) is 0 Å². The molecule has 0 aliphatic carbocycles. The number of carboxylic acid groups (broad SMARTS) is 1. The number of urea groups is 1. The number of rotatable bonds is 2. The number of amides is 4. The van der Waals surface area contributed by atoms with Gasteiger partial charge in [-0.15, -0.1) is 0 Å². The average Bonchev–Trinajstić information content (AvgIpc) is 2.86. The number of carbonyl (C=O) groups is 4. The maximum absolute atomic E-state index is 12.5. The van der Waals surface area contributed by atoms with Gasteiger partial charge in [-0.25, -0.2) is 9.59 Å². The lowest BCUT2D eigenvalue weighted by atomic mass is 10.2. The fourth-order valence-electron chi connectivity index (χ4n) is 2.53. The largest absolute Gasteiger partial charge is 0.480 e. The average molecular weight is 299 g/mol. The highest BCUT2D eigenvalue weighted by Gasteiger charge is 2.44. The monoisotopic (exact) mass is 299 g/mol. The Kier molecular flexibility index (Phi) is 4.12. The molecule has 116 valence electrons. The molecule has 0 spiro atoms. The number of methoxy groups -OCH3 is 1. The van der Waals surface area contributed by atoms with Gasteiger partial charge in [0.25, 0.3) is 0 Å². The van der Waals surface area contributed by atoms with E-state index in [1.165, 1.54) is 14.0 Å². The topological polar surface area (TPSA) is 116 Å². The van der Waals surface area contributed by atoms with Crippen LogP contribution in [0, 0.1) is 0 Å². The maximum Gasteiger partial charge on any atom is 0.326 e. The van der Waals surface area contributed by atoms with Gasteiger partial charge < -0.3 is 19.6 Å². The van der Waals surface area contributed by atoms with Crippen LogP contribution >= 0.6 is 0 Å². The second kappa shape index (κ2) is 5.68. The van der Waals surface area contributed by atoms with E-state index in [4.69, 9.17) is 4.74 Å². The fourth-order valence-corrected chi connectivity index (χ4v) is 2.53. The summed E-state index contributed by atoms with van der Waals surface area (Å²) in [5.41, 5.74) is 0. The molecular weight excluding hydrogens is 282 g/mol. The third-order valence-electron chi connectivity index (χ3n) is 3.80. The number of ether oxygens (including phenoxy) is 1. The number of hydrogen-bond donors (Lipinski definition) is 2. The van der Waals surface area contributed by atoms with Gasteiger partial charge >= 0.3 is 12.0 Å². The van der Waals surface area contributed by atoms with Gasteiger partial charge in [-0.1, -0.05) is 0 Å². The van der Waals surface area contributed by atoms with E-state index in [0.717, 1.165) is 9.80 Å². The van der Waals surface area contributed by atoms with Crippen LogP contribution in [0.2, 0.25) is 0 Å². The van der Waals surface area contributed by atoms with Crippen molar-refractivity contribution < 1.29 is 29.0 Å². The number of nitrogens with one attached hydrogen (secondary N) is 1. The summed E-state index contributed by atoms with van der Waals surface area (Å²) >= 11 is 0. The number of hydrogen-bond acceptors (Lipinski definition) is 5. The van der Waals surface area contributed by atoms with E-state index < -0.39 is 35.9 Å². The van der Waals surface area contributed by atoms with Crippen molar-refractivity contribution >= 4 is 23.8 Å². The van der Waals surface area contributed by atoms with Gasteiger partial charge in [0, 0.05) is 20.1 Å². The van der Waals surface area contributed by atoms with Crippen LogP contribution in [0.4, 0.5) is 4.79 Å². The van der Waals surface area contributed by atoms with Gasteiger partial charge in [-0.05, 0) is 6.92 Å². The molecule has 4 amide bonds. The summed E-state index contributed by atoms with van der Waals surface area (Å²) in [6.45, 7) is 1.33. The molecule has 0 aromatic rings. The van der Waals surface area contributed by atoms with Gasteiger partial charge in [0.2, 0.25) is 11.8 Å². The summed E-state index contributed by atoms with van der Waals surface area (Å²) in [5.74, 6) is -2.29. The Labute approximate surface area is 120 Å². The van der Waals surface area contributed by atoms with Crippen molar-refractivity contribution in [3.8, 4) is 0 Å². The molecule has 2 N–H and O–H groups in total. The van der Waals surface area contributed by atoms with Crippen LogP contribution < -0.4 is 5.32 Å². The van der Waals surface area contributed by atoms with E-state index in [-0.39, 0.29) is 25.6 Å². The molecular formula is C12H17N3O6. The predicted molar refractivity (Wildman–Crippen MR) is 68.3 cm³/mol. The van der Waals surface area contributed by atoms with Crippen molar-refractivity contribution in [1.82, 2.24) is 15.1 Å². The van der Waals surface area contributed by atoms with Crippen LogP contribution in [-0.4, -0.2) is 77.1 Å². The SMILES string of the molecule is COC1CC(C(=O)O)N(C(=O)N2CC(=O)NC(=O)C2C)C1. The number of nitrogens with zero attached hydrogens (tertiary/aromatic N) is 2. The smallest absolute Gasteiger partial charge is 0.326 e. The zero-order chi connectivity index (χ0) is 15.7.